The number of hydrogen-bond acceptors (Lipinski definition) is 6. The minimum absolute atomic E-state index is 0.00534. The van der Waals surface area contributed by atoms with Crippen LogP contribution in [0.15, 0.2) is 35.3 Å². The quantitative estimate of drug-likeness (QED) is 0.224. The summed E-state index contributed by atoms with van der Waals surface area (Å²) in [6.45, 7) is 6.02. The number of carbonyl (C=O) groups is 3. The standard InChI is InChI=1S/C29H38FN7O5/c1-6-9-18-12-13-21(32-27(39)20(33-29(41)42)10-7-8-11-24(38)36(4)5)28(40)37(18)16-23-34-25-19(30)15-31-22(14-17(2)3)26(25)35-23/h8,11-13,15,17,20,33H,6-7,9-10,14,16H2,1-5H3,(H,32,39)(H,34,35)(H,41,42)/b11-8+. The predicted molar refractivity (Wildman–Crippen MR) is 157 cm³/mol. The third-order valence-electron chi connectivity index (χ3n) is 6.48. The lowest BCUT2D eigenvalue weighted by Gasteiger charge is -2.18. The Kier molecular flexibility index (Phi) is 10.9. The van der Waals surface area contributed by atoms with Crippen molar-refractivity contribution in [3.63, 3.8) is 0 Å². The number of nitrogens with zero attached hydrogens (tertiary/aromatic N) is 4. The zero-order valence-corrected chi connectivity index (χ0v) is 24.5. The Morgan fingerprint density at radius 1 is 1.24 bits per heavy atom. The molecule has 0 aliphatic rings. The third kappa shape index (κ3) is 8.24. The Morgan fingerprint density at radius 3 is 2.62 bits per heavy atom. The Bertz CT molecular complexity index is 1530. The van der Waals surface area contributed by atoms with Gasteiger partial charge in [0.2, 0.25) is 11.8 Å². The van der Waals surface area contributed by atoms with Crippen LogP contribution in [0.3, 0.4) is 0 Å². The van der Waals surface area contributed by atoms with Gasteiger partial charge in [0.25, 0.3) is 5.56 Å². The van der Waals surface area contributed by atoms with E-state index in [4.69, 9.17) is 0 Å². The Balaban J connectivity index is 1.89. The number of carbonyl (C=O) groups excluding carboxylic acids is 2. The van der Waals surface area contributed by atoms with Gasteiger partial charge in [0.1, 0.15) is 23.1 Å². The van der Waals surface area contributed by atoms with Crippen molar-refractivity contribution in [2.24, 2.45) is 5.92 Å². The summed E-state index contributed by atoms with van der Waals surface area (Å²) < 4.78 is 16.0. The van der Waals surface area contributed by atoms with E-state index in [1.54, 1.807) is 26.2 Å². The molecule has 3 rings (SSSR count). The smallest absolute Gasteiger partial charge is 0.405 e. The molecule has 1 atom stereocenters. The Morgan fingerprint density at radius 2 is 1.98 bits per heavy atom. The number of nitrogens with one attached hydrogen (secondary N) is 3. The van der Waals surface area contributed by atoms with E-state index in [1.165, 1.54) is 21.6 Å². The fraction of sp³-hybridized carbons (Fsp3) is 0.448. The topological polar surface area (TPSA) is 162 Å². The van der Waals surface area contributed by atoms with E-state index in [0.29, 0.717) is 35.6 Å². The van der Waals surface area contributed by atoms with E-state index < -0.39 is 29.4 Å². The second-order valence-corrected chi connectivity index (χ2v) is 10.6. The second-order valence-electron chi connectivity index (χ2n) is 10.6. The van der Waals surface area contributed by atoms with E-state index in [2.05, 4.69) is 25.6 Å². The molecule has 4 N–H and O–H groups in total. The number of likely N-dealkylation sites (N-methyl/N-ethyl adjacent to an activating group) is 1. The first-order valence-electron chi connectivity index (χ1n) is 13.8. The third-order valence-corrected chi connectivity index (χ3v) is 6.48. The Hall–Kier alpha value is -4.55. The highest BCUT2D eigenvalue weighted by Crippen LogP contribution is 2.21. The van der Waals surface area contributed by atoms with Gasteiger partial charge in [0.05, 0.1) is 24.0 Å². The molecule has 3 aromatic heterocycles. The van der Waals surface area contributed by atoms with Gasteiger partial charge < -0.3 is 30.2 Å². The molecule has 0 aliphatic carbocycles. The maximum Gasteiger partial charge on any atom is 0.405 e. The number of H-pyrrole nitrogens is 1. The lowest BCUT2D eigenvalue weighted by molar-refractivity contribution is -0.123. The van der Waals surface area contributed by atoms with Gasteiger partial charge in [0, 0.05) is 19.8 Å². The largest absolute Gasteiger partial charge is 0.465 e. The highest BCUT2D eigenvalue weighted by Gasteiger charge is 2.22. The van der Waals surface area contributed by atoms with Gasteiger partial charge in [-0.2, -0.15) is 0 Å². The van der Waals surface area contributed by atoms with Crippen LogP contribution in [-0.2, 0) is 29.0 Å². The van der Waals surface area contributed by atoms with Crippen molar-refractivity contribution in [2.75, 3.05) is 19.4 Å². The van der Waals surface area contributed by atoms with Crippen molar-refractivity contribution in [1.82, 2.24) is 29.7 Å². The number of pyridine rings is 2. The molecule has 0 saturated carbocycles. The van der Waals surface area contributed by atoms with Crippen molar-refractivity contribution in [3.05, 3.63) is 63.9 Å². The summed E-state index contributed by atoms with van der Waals surface area (Å²) in [4.78, 5) is 62.8. The first kappa shape index (κ1) is 32.0. The van der Waals surface area contributed by atoms with Crippen LogP contribution in [0.2, 0.25) is 0 Å². The highest BCUT2D eigenvalue weighted by atomic mass is 19.1. The normalized spacial score (nSPS) is 12.2. The fourth-order valence-corrected chi connectivity index (χ4v) is 4.42. The molecular weight excluding hydrogens is 545 g/mol. The van der Waals surface area contributed by atoms with Gasteiger partial charge in [-0.3, -0.25) is 19.4 Å². The van der Waals surface area contributed by atoms with Crippen molar-refractivity contribution in [2.45, 2.75) is 65.5 Å². The molecule has 3 aromatic rings. The molecule has 0 spiro atoms. The van der Waals surface area contributed by atoms with Crippen LogP contribution in [0, 0.1) is 11.7 Å². The number of carboxylic acid groups (broad SMARTS) is 1. The van der Waals surface area contributed by atoms with E-state index >= 15 is 0 Å². The SMILES string of the molecule is CCCc1ccc(NC(=O)C(CC/C=C/C(=O)N(C)C)NC(=O)O)c(=O)n1Cc1nc2c(F)cnc(CC(C)C)c2[nH]1. The number of imidazole rings is 1. The molecule has 0 radical (unpaired) electrons. The van der Waals surface area contributed by atoms with Crippen molar-refractivity contribution in [1.29, 1.82) is 0 Å². The number of allylic oxidation sites excluding steroid dienone is 1. The second kappa shape index (κ2) is 14.4. The molecule has 1 unspecified atom stereocenters. The first-order valence-corrected chi connectivity index (χ1v) is 13.8. The maximum atomic E-state index is 14.6. The number of aromatic amines is 1. The van der Waals surface area contributed by atoms with E-state index in [9.17, 15) is 28.7 Å². The van der Waals surface area contributed by atoms with E-state index in [-0.39, 0.29) is 42.4 Å². The van der Waals surface area contributed by atoms with Gasteiger partial charge in [-0.05, 0) is 49.8 Å². The van der Waals surface area contributed by atoms with Crippen LogP contribution in [0.1, 0.15) is 57.2 Å². The molecule has 42 heavy (non-hydrogen) atoms. The summed E-state index contributed by atoms with van der Waals surface area (Å²) in [6, 6.07) is 2.03. The zero-order chi connectivity index (χ0) is 31.0. The van der Waals surface area contributed by atoms with Crippen molar-refractivity contribution in [3.8, 4) is 0 Å². The summed E-state index contributed by atoms with van der Waals surface area (Å²) in [7, 11) is 3.20. The first-order chi connectivity index (χ1) is 19.9. The number of rotatable bonds is 13. The molecular formula is C29H38FN7O5. The van der Waals surface area contributed by atoms with Gasteiger partial charge in [-0.25, -0.2) is 14.2 Å². The molecule has 0 bridgehead atoms. The van der Waals surface area contributed by atoms with Crippen molar-refractivity contribution < 1.29 is 23.9 Å². The predicted octanol–water partition coefficient (Wildman–Crippen LogP) is 3.46. The Labute approximate surface area is 243 Å². The van der Waals surface area contributed by atoms with Gasteiger partial charge in [-0.1, -0.05) is 33.3 Å². The van der Waals surface area contributed by atoms with Crippen LogP contribution in [-0.4, -0.2) is 67.6 Å². The molecule has 0 saturated heterocycles. The number of fused-ring (bicyclic) bond motifs is 1. The minimum Gasteiger partial charge on any atom is -0.465 e. The summed E-state index contributed by atoms with van der Waals surface area (Å²) >= 11 is 0. The minimum atomic E-state index is -1.40. The number of aryl methyl sites for hydroxylation is 1. The fourth-order valence-electron chi connectivity index (χ4n) is 4.42. The highest BCUT2D eigenvalue weighted by molar-refractivity contribution is 5.96. The summed E-state index contributed by atoms with van der Waals surface area (Å²) in [5.41, 5.74) is 1.45. The van der Waals surface area contributed by atoms with Crippen LogP contribution in [0.25, 0.3) is 11.0 Å². The maximum absolute atomic E-state index is 14.6. The van der Waals surface area contributed by atoms with E-state index in [0.717, 1.165) is 12.6 Å². The average molecular weight is 584 g/mol. The number of anilines is 1. The molecule has 0 aliphatic heterocycles. The number of aromatic nitrogens is 4. The van der Waals surface area contributed by atoms with Crippen LogP contribution in [0.4, 0.5) is 14.9 Å². The molecule has 3 heterocycles. The summed E-state index contributed by atoms with van der Waals surface area (Å²) in [5.74, 6) is -0.885. The van der Waals surface area contributed by atoms with E-state index in [1.807, 2.05) is 20.8 Å². The van der Waals surface area contributed by atoms with Crippen molar-refractivity contribution >= 4 is 34.6 Å². The molecule has 226 valence electrons. The van der Waals surface area contributed by atoms with Crippen LogP contribution >= 0.6 is 0 Å². The van der Waals surface area contributed by atoms with Crippen LogP contribution < -0.4 is 16.2 Å². The molecule has 3 amide bonds. The molecule has 0 fully saturated rings. The number of hydrogen-bond donors (Lipinski definition) is 4. The average Bonchev–Trinajstić information content (AvgIpc) is 3.35. The molecule has 12 nitrogen and oxygen atoms in total. The van der Waals surface area contributed by atoms with Gasteiger partial charge >= 0.3 is 6.09 Å². The molecule has 0 aromatic carbocycles. The lowest BCUT2D eigenvalue weighted by Crippen LogP contribution is -2.44. The monoisotopic (exact) mass is 583 g/mol. The van der Waals surface area contributed by atoms with Crippen LogP contribution in [0.5, 0.6) is 0 Å². The number of halogens is 1. The lowest BCUT2D eigenvalue weighted by atomic mass is 10.1. The van der Waals surface area contributed by atoms with Gasteiger partial charge in [-0.15, -0.1) is 0 Å². The molecule has 13 heteroatoms. The van der Waals surface area contributed by atoms with Gasteiger partial charge in [0.15, 0.2) is 5.82 Å². The summed E-state index contributed by atoms with van der Waals surface area (Å²) in [5, 5.41) is 14.0. The summed E-state index contributed by atoms with van der Waals surface area (Å²) in [6.07, 6.45) is 4.88. The zero-order valence-electron chi connectivity index (χ0n) is 24.5. The number of amides is 3.